The number of aryl methyl sites for hydroxylation is 1. The summed E-state index contributed by atoms with van der Waals surface area (Å²) in [6.45, 7) is 2.12. The van der Waals surface area contributed by atoms with Crippen molar-refractivity contribution in [3.63, 3.8) is 0 Å². The Morgan fingerprint density at radius 3 is 2.62 bits per heavy atom. The van der Waals surface area contributed by atoms with E-state index in [9.17, 15) is 9.59 Å². The number of thiocarbonyl (C=S) groups is 1. The van der Waals surface area contributed by atoms with E-state index < -0.39 is 0 Å². The summed E-state index contributed by atoms with van der Waals surface area (Å²) in [4.78, 5) is 24.1. The molecule has 0 aliphatic heterocycles. The van der Waals surface area contributed by atoms with Gasteiger partial charge in [-0.25, -0.2) is 0 Å². The summed E-state index contributed by atoms with van der Waals surface area (Å²) < 4.78 is 1.47. The summed E-state index contributed by atoms with van der Waals surface area (Å²) in [7, 11) is 0. The van der Waals surface area contributed by atoms with Crippen molar-refractivity contribution in [2.45, 2.75) is 32.7 Å². The molecule has 1 aromatic heterocycles. The maximum Gasteiger partial charge on any atom is 0.260 e. The Bertz CT molecular complexity index is 1060. The number of nitrogens with one attached hydrogen (secondary N) is 3. The number of carbonyl (C=O) groups is 1. The van der Waals surface area contributed by atoms with Gasteiger partial charge in [-0.1, -0.05) is 37.6 Å². The summed E-state index contributed by atoms with van der Waals surface area (Å²) in [6, 6.07) is 15.1. The number of fused-ring (bicyclic) bond motifs is 1. The van der Waals surface area contributed by atoms with Gasteiger partial charge in [0.25, 0.3) is 5.91 Å². The lowest BCUT2D eigenvalue weighted by molar-refractivity contribution is -0.122. The molecule has 0 unspecified atom stereocenters. The van der Waals surface area contributed by atoms with Crippen molar-refractivity contribution in [3.8, 4) is 0 Å². The normalized spacial score (nSPS) is 10.5. The Hall–Kier alpha value is -3.26. The minimum Gasteiger partial charge on any atom is -0.331 e. The van der Waals surface area contributed by atoms with E-state index in [2.05, 4.69) is 40.3 Å². The maximum absolute atomic E-state index is 12.2. The highest BCUT2D eigenvalue weighted by molar-refractivity contribution is 7.80. The van der Waals surface area contributed by atoms with Crippen molar-refractivity contribution >= 4 is 39.8 Å². The van der Waals surface area contributed by atoms with Crippen LogP contribution in [0.4, 0.5) is 5.69 Å². The highest BCUT2D eigenvalue weighted by atomic mass is 32.1. The van der Waals surface area contributed by atoms with Crippen LogP contribution in [0.1, 0.15) is 25.3 Å². The SMILES string of the molecule is CCCCc1ccc(NC(=S)NNC(=O)Cn2ncc(=O)c3ccccc32)cc1. The smallest absolute Gasteiger partial charge is 0.260 e. The molecule has 0 radical (unpaired) electrons. The van der Waals surface area contributed by atoms with Gasteiger partial charge in [0.2, 0.25) is 5.43 Å². The molecule has 7 nitrogen and oxygen atoms in total. The number of hydrazine groups is 1. The first-order valence-electron chi connectivity index (χ1n) is 9.46. The van der Waals surface area contributed by atoms with Gasteiger partial charge in [-0.15, -0.1) is 0 Å². The molecule has 0 saturated heterocycles. The van der Waals surface area contributed by atoms with Gasteiger partial charge in [0.15, 0.2) is 5.11 Å². The van der Waals surface area contributed by atoms with Crippen molar-refractivity contribution in [1.29, 1.82) is 0 Å². The molecule has 3 rings (SSSR count). The van der Waals surface area contributed by atoms with Gasteiger partial charge in [-0.3, -0.25) is 25.1 Å². The lowest BCUT2D eigenvalue weighted by Crippen LogP contribution is -2.45. The average molecular weight is 410 g/mol. The molecule has 0 saturated carbocycles. The molecular weight excluding hydrogens is 386 g/mol. The molecule has 0 atom stereocenters. The first-order chi connectivity index (χ1) is 14.1. The monoisotopic (exact) mass is 409 g/mol. The maximum atomic E-state index is 12.2. The Kier molecular flexibility index (Phi) is 6.91. The van der Waals surface area contributed by atoms with Gasteiger partial charge >= 0.3 is 0 Å². The Morgan fingerprint density at radius 1 is 1.10 bits per heavy atom. The van der Waals surface area contributed by atoms with Gasteiger partial charge in [0.05, 0.1) is 11.7 Å². The first-order valence-corrected chi connectivity index (χ1v) is 9.87. The molecule has 29 heavy (non-hydrogen) atoms. The number of rotatable bonds is 6. The Balaban J connectivity index is 1.52. The molecular formula is C21H23N5O2S. The van der Waals surface area contributed by atoms with Crippen LogP contribution in [0.25, 0.3) is 10.9 Å². The van der Waals surface area contributed by atoms with Gasteiger partial charge < -0.3 is 5.32 Å². The summed E-state index contributed by atoms with van der Waals surface area (Å²) in [5.74, 6) is -0.342. The number of carbonyl (C=O) groups excluding carboxylic acids is 1. The van der Waals surface area contributed by atoms with Crippen LogP contribution in [0, 0.1) is 0 Å². The van der Waals surface area contributed by atoms with Crippen LogP contribution < -0.4 is 21.6 Å². The van der Waals surface area contributed by atoms with E-state index in [1.165, 1.54) is 29.3 Å². The van der Waals surface area contributed by atoms with E-state index in [-0.39, 0.29) is 23.0 Å². The van der Waals surface area contributed by atoms with Crippen LogP contribution in [0.2, 0.25) is 0 Å². The molecule has 150 valence electrons. The van der Waals surface area contributed by atoms with E-state index in [0.29, 0.717) is 10.9 Å². The zero-order valence-corrected chi connectivity index (χ0v) is 17.0. The Labute approximate surface area is 174 Å². The molecule has 8 heteroatoms. The lowest BCUT2D eigenvalue weighted by atomic mass is 10.1. The second-order valence-corrected chi connectivity index (χ2v) is 7.02. The van der Waals surface area contributed by atoms with Crippen LogP contribution in [-0.2, 0) is 17.8 Å². The van der Waals surface area contributed by atoms with Crippen LogP contribution in [0.5, 0.6) is 0 Å². The topological polar surface area (TPSA) is 88.0 Å². The van der Waals surface area contributed by atoms with Crippen molar-refractivity contribution in [1.82, 2.24) is 20.6 Å². The van der Waals surface area contributed by atoms with Crippen LogP contribution in [0.3, 0.4) is 0 Å². The number of para-hydroxylation sites is 1. The van der Waals surface area contributed by atoms with Crippen LogP contribution in [-0.4, -0.2) is 20.8 Å². The number of benzene rings is 2. The number of hydrogen-bond donors (Lipinski definition) is 3. The summed E-state index contributed by atoms with van der Waals surface area (Å²) in [5, 5.41) is 7.85. The molecule has 3 aromatic rings. The number of hydrogen-bond acceptors (Lipinski definition) is 4. The second kappa shape index (κ2) is 9.79. The Morgan fingerprint density at radius 2 is 1.86 bits per heavy atom. The van der Waals surface area contributed by atoms with Gasteiger partial charge in [0, 0.05) is 11.1 Å². The number of amides is 1. The van der Waals surface area contributed by atoms with Crippen molar-refractivity contribution in [3.05, 3.63) is 70.5 Å². The minimum atomic E-state index is -0.342. The number of nitrogens with zero attached hydrogens (tertiary/aromatic N) is 2. The molecule has 1 amide bonds. The number of unbranched alkanes of at least 4 members (excludes halogenated alkanes) is 1. The number of anilines is 1. The highest BCUT2D eigenvalue weighted by Crippen LogP contribution is 2.11. The van der Waals surface area contributed by atoms with Gasteiger partial charge in [-0.2, -0.15) is 5.10 Å². The van der Waals surface area contributed by atoms with E-state index in [0.717, 1.165) is 12.1 Å². The fraction of sp³-hybridized carbons (Fsp3) is 0.238. The van der Waals surface area contributed by atoms with E-state index in [1.54, 1.807) is 24.3 Å². The predicted molar refractivity (Wildman–Crippen MR) is 119 cm³/mol. The van der Waals surface area contributed by atoms with Gasteiger partial charge in [0.1, 0.15) is 6.54 Å². The molecule has 0 bridgehead atoms. The molecule has 0 aliphatic carbocycles. The molecule has 3 N–H and O–H groups in total. The second-order valence-electron chi connectivity index (χ2n) is 6.61. The molecule has 0 spiro atoms. The molecule has 0 aliphatic rings. The first kappa shape index (κ1) is 20.5. The van der Waals surface area contributed by atoms with E-state index in [4.69, 9.17) is 12.2 Å². The summed E-state index contributed by atoms with van der Waals surface area (Å²) in [5.41, 5.74) is 7.75. The van der Waals surface area contributed by atoms with Crippen molar-refractivity contribution < 1.29 is 4.79 Å². The third kappa shape index (κ3) is 5.61. The average Bonchev–Trinajstić information content (AvgIpc) is 2.74. The fourth-order valence-corrected chi connectivity index (χ4v) is 3.06. The summed E-state index contributed by atoms with van der Waals surface area (Å²) >= 11 is 5.22. The zero-order valence-electron chi connectivity index (χ0n) is 16.1. The fourth-order valence-electron chi connectivity index (χ4n) is 2.89. The third-order valence-corrected chi connectivity index (χ3v) is 4.61. The van der Waals surface area contributed by atoms with E-state index in [1.807, 2.05) is 12.1 Å². The number of aromatic nitrogens is 2. The van der Waals surface area contributed by atoms with Crippen molar-refractivity contribution in [2.24, 2.45) is 0 Å². The van der Waals surface area contributed by atoms with Crippen LogP contribution in [0.15, 0.2) is 59.5 Å². The highest BCUT2D eigenvalue weighted by Gasteiger charge is 2.08. The van der Waals surface area contributed by atoms with Crippen LogP contribution >= 0.6 is 12.2 Å². The summed E-state index contributed by atoms with van der Waals surface area (Å²) in [6.07, 6.45) is 4.60. The van der Waals surface area contributed by atoms with Crippen molar-refractivity contribution in [2.75, 3.05) is 5.32 Å². The molecule has 1 heterocycles. The van der Waals surface area contributed by atoms with E-state index >= 15 is 0 Å². The largest absolute Gasteiger partial charge is 0.331 e. The van der Waals surface area contributed by atoms with Gasteiger partial charge in [-0.05, 0) is 54.9 Å². The zero-order chi connectivity index (χ0) is 20.6. The lowest BCUT2D eigenvalue weighted by Gasteiger charge is -2.13. The minimum absolute atomic E-state index is 0.0530. The predicted octanol–water partition coefficient (Wildman–Crippen LogP) is 2.76. The standard InChI is InChI=1S/C21H23N5O2S/c1-2-3-6-15-9-11-16(12-10-15)23-21(29)25-24-20(28)14-26-18-8-5-4-7-17(18)19(27)13-22-26/h4-5,7-13H,2-3,6,14H2,1H3,(H,24,28)(H2,23,25,29). The molecule has 2 aromatic carbocycles. The quantitative estimate of drug-likeness (QED) is 0.429. The molecule has 0 fully saturated rings. The third-order valence-electron chi connectivity index (χ3n) is 4.40.